The lowest BCUT2D eigenvalue weighted by Gasteiger charge is -2.29. The average Bonchev–Trinajstić information content (AvgIpc) is 3.36. The van der Waals surface area contributed by atoms with Gasteiger partial charge in [-0.05, 0) is 49.5 Å². The second kappa shape index (κ2) is 7.14. The Morgan fingerprint density at radius 1 is 1.00 bits per heavy atom. The summed E-state index contributed by atoms with van der Waals surface area (Å²) in [5.74, 6) is 2.38. The number of carbonyl (C=O) groups is 1. The van der Waals surface area contributed by atoms with E-state index in [1.807, 2.05) is 23.1 Å². The van der Waals surface area contributed by atoms with Crippen molar-refractivity contribution in [1.29, 1.82) is 0 Å². The fourth-order valence-corrected chi connectivity index (χ4v) is 5.69. The second-order valence-corrected chi connectivity index (χ2v) is 9.84. The number of ether oxygens (including phenoxy) is 2. The Kier molecular flexibility index (Phi) is 4.76. The Bertz CT molecular complexity index is 1050. The van der Waals surface area contributed by atoms with E-state index in [2.05, 4.69) is 37.4 Å². The minimum Gasteiger partial charge on any atom is -0.492 e. The van der Waals surface area contributed by atoms with Gasteiger partial charge in [-0.2, -0.15) is 0 Å². The topological polar surface area (TPSA) is 50.8 Å². The second-order valence-electron chi connectivity index (χ2n) is 9.84. The maximum Gasteiger partial charge on any atom is 0.245 e. The summed E-state index contributed by atoms with van der Waals surface area (Å²) in [7, 11) is 0. The van der Waals surface area contributed by atoms with Gasteiger partial charge in [-0.3, -0.25) is 4.79 Å². The Hall–Kier alpha value is -2.24. The first-order valence-corrected chi connectivity index (χ1v) is 11.1. The molecule has 6 rings (SSSR count). The molecule has 6 heteroatoms. The van der Waals surface area contributed by atoms with E-state index in [0.717, 1.165) is 60.8 Å². The number of para-hydroxylation sites is 1. The molecule has 31 heavy (non-hydrogen) atoms. The van der Waals surface area contributed by atoms with Crippen molar-refractivity contribution in [2.75, 3.05) is 37.7 Å². The third kappa shape index (κ3) is 2.82. The van der Waals surface area contributed by atoms with Gasteiger partial charge >= 0.3 is 0 Å². The Morgan fingerprint density at radius 2 is 1.71 bits per heavy atom. The highest BCUT2D eigenvalue weighted by atomic mass is 35.5. The van der Waals surface area contributed by atoms with Gasteiger partial charge in [-0.15, -0.1) is 12.4 Å². The van der Waals surface area contributed by atoms with Crippen molar-refractivity contribution >= 4 is 24.0 Å². The molecule has 0 aromatic heterocycles. The van der Waals surface area contributed by atoms with Crippen LogP contribution in [-0.2, 0) is 15.6 Å². The lowest BCUT2D eigenvalue weighted by atomic mass is 9.75. The number of anilines is 1. The van der Waals surface area contributed by atoms with Crippen LogP contribution in [0.25, 0.3) is 0 Å². The van der Waals surface area contributed by atoms with E-state index < -0.39 is 5.41 Å². The highest BCUT2D eigenvalue weighted by Gasteiger charge is 2.57. The summed E-state index contributed by atoms with van der Waals surface area (Å²) in [4.78, 5) is 16.1. The predicted octanol–water partition coefficient (Wildman–Crippen LogP) is 3.80. The third-order valence-corrected chi connectivity index (χ3v) is 7.47. The van der Waals surface area contributed by atoms with Gasteiger partial charge in [0.15, 0.2) is 0 Å². The Labute approximate surface area is 189 Å². The lowest BCUT2D eigenvalue weighted by Crippen LogP contribution is -2.45. The quantitative estimate of drug-likeness (QED) is 0.771. The molecule has 0 bridgehead atoms. The average molecular weight is 441 g/mol. The fourth-order valence-electron chi connectivity index (χ4n) is 5.69. The number of piperidine rings is 1. The summed E-state index contributed by atoms with van der Waals surface area (Å²) in [5.41, 5.74) is 3.50. The van der Waals surface area contributed by atoms with Crippen LogP contribution in [0.4, 0.5) is 5.69 Å². The van der Waals surface area contributed by atoms with Gasteiger partial charge < -0.3 is 19.7 Å². The largest absolute Gasteiger partial charge is 0.492 e. The minimum absolute atomic E-state index is 0. The molecule has 0 radical (unpaired) electrons. The summed E-state index contributed by atoms with van der Waals surface area (Å²) in [6.07, 6.45) is 2.23. The number of halogens is 1. The number of fused-ring (bicyclic) bond motifs is 5. The molecule has 1 N–H and O–H groups in total. The molecule has 164 valence electrons. The molecule has 1 spiro atoms. The van der Waals surface area contributed by atoms with Crippen molar-refractivity contribution in [3.8, 4) is 11.5 Å². The molecule has 2 aromatic carbocycles. The monoisotopic (exact) mass is 440 g/mol. The molecule has 4 aliphatic heterocycles. The molecule has 4 aliphatic rings. The van der Waals surface area contributed by atoms with Gasteiger partial charge in [0.25, 0.3) is 0 Å². The summed E-state index contributed by atoms with van der Waals surface area (Å²) in [6, 6.07) is 12.5. The normalized spacial score (nSPS) is 25.5. The molecule has 1 unspecified atom stereocenters. The highest BCUT2D eigenvalue weighted by Crippen LogP contribution is 2.55. The van der Waals surface area contributed by atoms with E-state index in [1.165, 1.54) is 5.56 Å². The molecule has 2 aromatic rings. The Balaban J connectivity index is 0.00000204. The molecule has 1 atom stereocenters. The number of rotatable bonds is 2. The first kappa shape index (κ1) is 20.7. The Morgan fingerprint density at radius 3 is 2.52 bits per heavy atom. The van der Waals surface area contributed by atoms with Crippen molar-refractivity contribution in [3.63, 3.8) is 0 Å². The zero-order chi connectivity index (χ0) is 20.5. The van der Waals surface area contributed by atoms with Crippen LogP contribution in [-0.4, -0.2) is 38.8 Å². The van der Waals surface area contributed by atoms with Crippen LogP contribution < -0.4 is 19.7 Å². The van der Waals surface area contributed by atoms with Crippen LogP contribution in [0.15, 0.2) is 36.4 Å². The molecular weight excluding hydrogens is 412 g/mol. The van der Waals surface area contributed by atoms with Crippen LogP contribution in [0.5, 0.6) is 11.5 Å². The number of benzene rings is 2. The number of amides is 1. The molecule has 5 nitrogen and oxygen atoms in total. The highest BCUT2D eigenvalue weighted by molar-refractivity contribution is 6.11. The number of carbonyl (C=O) groups excluding carboxylic acids is 1. The van der Waals surface area contributed by atoms with Gasteiger partial charge in [0.2, 0.25) is 5.91 Å². The number of nitrogens with one attached hydrogen (secondary N) is 1. The van der Waals surface area contributed by atoms with Crippen molar-refractivity contribution in [1.82, 2.24) is 5.32 Å². The number of hydrogen-bond donors (Lipinski definition) is 1. The molecule has 1 fully saturated rings. The van der Waals surface area contributed by atoms with Crippen LogP contribution in [0.1, 0.15) is 43.4 Å². The number of hydrogen-bond acceptors (Lipinski definition) is 4. The summed E-state index contributed by atoms with van der Waals surface area (Å²) < 4.78 is 12.1. The third-order valence-electron chi connectivity index (χ3n) is 7.47. The zero-order valence-electron chi connectivity index (χ0n) is 18.1. The van der Waals surface area contributed by atoms with Gasteiger partial charge in [0, 0.05) is 34.8 Å². The first-order valence-electron chi connectivity index (χ1n) is 11.1. The minimum atomic E-state index is -0.744. The van der Waals surface area contributed by atoms with Crippen LogP contribution in [0.2, 0.25) is 0 Å². The summed E-state index contributed by atoms with van der Waals surface area (Å²) in [5, 5.41) is 3.43. The van der Waals surface area contributed by atoms with Crippen LogP contribution in [0.3, 0.4) is 0 Å². The molecule has 1 saturated heterocycles. The predicted molar refractivity (Wildman–Crippen MR) is 123 cm³/mol. The van der Waals surface area contributed by atoms with Crippen molar-refractivity contribution in [2.24, 2.45) is 5.92 Å². The number of nitrogens with zero attached hydrogens (tertiary/aromatic N) is 1. The van der Waals surface area contributed by atoms with E-state index in [0.29, 0.717) is 19.1 Å². The lowest BCUT2D eigenvalue weighted by molar-refractivity contribution is -0.122. The maximum atomic E-state index is 14.1. The first-order chi connectivity index (χ1) is 14.5. The zero-order valence-corrected chi connectivity index (χ0v) is 18.9. The van der Waals surface area contributed by atoms with E-state index in [1.54, 1.807) is 0 Å². The molecule has 1 amide bonds. The van der Waals surface area contributed by atoms with E-state index >= 15 is 0 Å². The summed E-state index contributed by atoms with van der Waals surface area (Å²) in [6.45, 7) is 8.27. The maximum absolute atomic E-state index is 14.1. The van der Waals surface area contributed by atoms with E-state index in [-0.39, 0.29) is 23.7 Å². The SMILES string of the molecule is CC1(C)COc2cc3c(cc21)C1(CO3)C(=O)N(CC2CCNCC2)c2ccccc21.Cl. The smallest absolute Gasteiger partial charge is 0.245 e. The standard InChI is InChI=1S/C25H28N2O3.ClH/c1-24(2)14-29-21-12-22-19(11-18(21)24)25(15-30-22)17-5-3-4-6-20(17)27(23(25)28)13-16-7-9-26-10-8-16;/h3-6,11-12,16,26H,7-10,13-15H2,1-2H3;1H. The van der Waals surface area contributed by atoms with Gasteiger partial charge in [-0.25, -0.2) is 0 Å². The van der Waals surface area contributed by atoms with Crippen molar-refractivity contribution in [2.45, 2.75) is 37.5 Å². The van der Waals surface area contributed by atoms with Gasteiger partial charge in [-0.1, -0.05) is 32.0 Å². The van der Waals surface area contributed by atoms with Crippen molar-refractivity contribution in [3.05, 3.63) is 53.1 Å². The summed E-state index contributed by atoms with van der Waals surface area (Å²) >= 11 is 0. The van der Waals surface area contributed by atoms with Crippen molar-refractivity contribution < 1.29 is 14.3 Å². The van der Waals surface area contributed by atoms with Crippen LogP contribution in [0, 0.1) is 5.92 Å². The van der Waals surface area contributed by atoms with Gasteiger partial charge in [0.05, 0.1) is 6.61 Å². The van der Waals surface area contributed by atoms with E-state index in [4.69, 9.17) is 9.47 Å². The molecule has 0 saturated carbocycles. The molecule has 0 aliphatic carbocycles. The van der Waals surface area contributed by atoms with Crippen LogP contribution >= 0.6 is 12.4 Å². The molecular formula is C25H29ClN2O3. The fraction of sp³-hybridized carbons (Fsp3) is 0.480. The van der Waals surface area contributed by atoms with Gasteiger partial charge in [0.1, 0.15) is 23.5 Å². The van der Waals surface area contributed by atoms with E-state index in [9.17, 15) is 4.79 Å². The molecule has 4 heterocycles.